The van der Waals surface area contributed by atoms with Gasteiger partial charge in [-0.15, -0.1) is 0 Å². The second kappa shape index (κ2) is 11.1. The minimum Gasteiger partial charge on any atom is -0.310 e. The molecule has 1 aliphatic rings. The van der Waals surface area contributed by atoms with Gasteiger partial charge in [-0.1, -0.05) is 129 Å². The van der Waals surface area contributed by atoms with Gasteiger partial charge in [0.2, 0.25) is 0 Å². The smallest absolute Gasteiger partial charge is 0.0708 e. The van der Waals surface area contributed by atoms with Crippen molar-refractivity contribution in [1.29, 1.82) is 0 Å². The molecule has 0 radical (unpaired) electrons. The van der Waals surface area contributed by atoms with Crippen LogP contribution in [-0.2, 0) is 5.41 Å². The van der Waals surface area contributed by atoms with E-state index in [9.17, 15) is 0 Å². The van der Waals surface area contributed by atoms with Crippen molar-refractivity contribution in [3.8, 4) is 33.4 Å². The third kappa shape index (κ3) is 4.60. The normalized spacial score (nSPS) is 13.0. The summed E-state index contributed by atoms with van der Waals surface area (Å²) in [6.45, 7) is 4.68. The number of benzene rings is 7. The maximum Gasteiger partial charge on any atom is 0.0708 e. The fourth-order valence-electron chi connectivity index (χ4n) is 7.61. The van der Waals surface area contributed by atoms with Gasteiger partial charge in [0.25, 0.3) is 0 Å². The molecule has 0 fully saturated rings. The molecule has 228 valence electrons. The van der Waals surface area contributed by atoms with Gasteiger partial charge in [-0.3, -0.25) is 4.98 Å². The molecular formula is C46H34N2. The molecule has 1 aromatic heterocycles. The lowest BCUT2D eigenvalue weighted by Crippen LogP contribution is -2.15. The van der Waals surface area contributed by atoms with Crippen LogP contribution in [0.15, 0.2) is 170 Å². The Balaban J connectivity index is 1.27. The van der Waals surface area contributed by atoms with Crippen molar-refractivity contribution in [1.82, 2.24) is 4.98 Å². The quantitative estimate of drug-likeness (QED) is 0.192. The summed E-state index contributed by atoms with van der Waals surface area (Å²) in [5.41, 5.74) is 14.5. The Morgan fingerprint density at radius 2 is 1.15 bits per heavy atom. The Labute approximate surface area is 281 Å². The predicted molar refractivity (Wildman–Crippen MR) is 202 cm³/mol. The second-order valence-corrected chi connectivity index (χ2v) is 13.3. The number of aromatic nitrogens is 1. The highest BCUT2D eigenvalue weighted by Gasteiger charge is 2.35. The van der Waals surface area contributed by atoms with E-state index >= 15 is 0 Å². The fraction of sp³-hybridized carbons (Fsp3) is 0.0652. The molecule has 48 heavy (non-hydrogen) atoms. The van der Waals surface area contributed by atoms with E-state index in [0.717, 1.165) is 33.5 Å². The largest absolute Gasteiger partial charge is 0.310 e. The molecule has 8 aromatic rings. The molecule has 2 heteroatoms. The van der Waals surface area contributed by atoms with Crippen LogP contribution in [0.1, 0.15) is 25.0 Å². The molecule has 0 aliphatic heterocycles. The van der Waals surface area contributed by atoms with Gasteiger partial charge in [-0.2, -0.15) is 0 Å². The molecule has 1 heterocycles. The lowest BCUT2D eigenvalue weighted by atomic mass is 9.82. The highest BCUT2D eigenvalue weighted by Crippen LogP contribution is 2.51. The van der Waals surface area contributed by atoms with Crippen molar-refractivity contribution in [2.45, 2.75) is 19.3 Å². The number of anilines is 3. The topological polar surface area (TPSA) is 16.1 Å². The SMILES string of the molecule is CC1(C)c2ccccc2-c2cc(N(c3cccc(-c4ccccc4)c3)c3cccc4ccc(-c5ccc6cccnc6c5)cc34)ccc21. The lowest BCUT2D eigenvalue weighted by Gasteiger charge is -2.29. The maximum absolute atomic E-state index is 4.63. The van der Waals surface area contributed by atoms with Gasteiger partial charge in [0.05, 0.1) is 11.2 Å². The highest BCUT2D eigenvalue weighted by atomic mass is 15.1. The third-order valence-electron chi connectivity index (χ3n) is 10.1. The standard InChI is InChI=1S/C46H34N2/c1-46(2)42-18-7-6-17-39(42)41-30-38(24-25-43(41)46)48(37-16-8-14-34(27-37)31-11-4-3-5-12-31)45-19-9-13-32-20-22-35(28-40(32)45)36-23-21-33-15-10-26-47-44(33)29-36/h3-30H,1-2H3. The molecule has 1 aliphatic carbocycles. The van der Waals surface area contributed by atoms with Crippen LogP contribution < -0.4 is 4.90 Å². The number of pyridine rings is 1. The van der Waals surface area contributed by atoms with E-state index in [4.69, 9.17) is 0 Å². The minimum absolute atomic E-state index is 0.0500. The van der Waals surface area contributed by atoms with Gasteiger partial charge in [0.1, 0.15) is 0 Å². The number of rotatable bonds is 5. The molecule has 2 nitrogen and oxygen atoms in total. The molecule has 9 rings (SSSR count). The average Bonchev–Trinajstić information content (AvgIpc) is 3.37. The maximum atomic E-state index is 4.63. The van der Waals surface area contributed by atoms with Gasteiger partial charge in [0.15, 0.2) is 0 Å². The van der Waals surface area contributed by atoms with Crippen molar-refractivity contribution >= 4 is 38.7 Å². The number of hydrogen-bond donors (Lipinski definition) is 0. The molecule has 0 N–H and O–H groups in total. The summed E-state index contributed by atoms with van der Waals surface area (Å²) in [7, 11) is 0. The molecule has 0 amide bonds. The minimum atomic E-state index is -0.0500. The molecular weight excluding hydrogens is 581 g/mol. The molecule has 0 atom stereocenters. The van der Waals surface area contributed by atoms with Crippen molar-refractivity contribution < 1.29 is 0 Å². The molecule has 0 spiro atoms. The van der Waals surface area contributed by atoms with Crippen LogP contribution in [0.25, 0.3) is 55.1 Å². The van der Waals surface area contributed by atoms with Gasteiger partial charge in [0, 0.05) is 33.8 Å². The van der Waals surface area contributed by atoms with E-state index < -0.39 is 0 Å². The van der Waals surface area contributed by atoms with Gasteiger partial charge >= 0.3 is 0 Å². The van der Waals surface area contributed by atoms with E-state index in [1.165, 1.54) is 49.7 Å². The Kier molecular flexibility index (Phi) is 6.51. The van der Waals surface area contributed by atoms with E-state index in [-0.39, 0.29) is 5.41 Å². The van der Waals surface area contributed by atoms with Crippen molar-refractivity contribution in [2.75, 3.05) is 4.90 Å². The average molecular weight is 615 g/mol. The zero-order valence-corrected chi connectivity index (χ0v) is 27.1. The first kappa shape index (κ1) is 28.3. The van der Waals surface area contributed by atoms with Gasteiger partial charge in [-0.25, -0.2) is 0 Å². The highest BCUT2D eigenvalue weighted by molar-refractivity contribution is 6.02. The monoisotopic (exact) mass is 614 g/mol. The molecule has 0 saturated heterocycles. The van der Waals surface area contributed by atoms with Crippen LogP contribution in [0.5, 0.6) is 0 Å². The first-order valence-corrected chi connectivity index (χ1v) is 16.6. The van der Waals surface area contributed by atoms with Gasteiger partial charge < -0.3 is 4.90 Å². The van der Waals surface area contributed by atoms with E-state index in [2.05, 4.69) is 181 Å². The Morgan fingerprint density at radius 1 is 0.458 bits per heavy atom. The second-order valence-electron chi connectivity index (χ2n) is 13.3. The molecule has 0 bridgehead atoms. The Bertz CT molecular complexity index is 2490. The molecule has 0 saturated carbocycles. The summed E-state index contributed by atoms with van der Waals surface area (Å²) < 4.78 is 0. The lowest BCUT2D eigenvalue weighted by molar-refractivity contribution is 0.660. The summed E-state index contributed by atoms with van der Waals surface area (Å²) in [6.07, 6.45) is 1.86. The van der Waals surface area contributed by atoms with Crippen LogP contribution in [-0.4, -0.2) is 4.98 Å². The van der Waals surface area contributed by atoms with Crippen LogP contribution >= 0.6 is 0 Å². The van der Waals surface area contributed by atoms with Crippen LogP contribution in [0.2, 0.25) is 0 Å². The van der Waals surface area contributed by atoms with Crippen molar-refractivity contribution in [2.24, 2.45) is 0 Å². The molecule has 0 unspecified atom stereocenters. The van der Waals surface area contributed by atoms with Crippen molar-refractivity contribution in [3.63, 3.8) is 0 Å². The summed E-state index contributed by atoms with van der Waals surface area (Å²) in [5, 5.41) is 3.54. The van der Waals surface area contributed by atoms with Crippen molar-refractivity contribution in [3.05, 3.63) is 181 Å². The first-order chi connectivity index (χ1) is 23.5. The zero-order valence-electron chi connectivity index (χ0n) is 27.1. The summed E-state index contributed by atoms with van der Waals surface area (Å²) in [6, 6.07) is 59.6. The number of nitrogens with zero attached hydrogens (tertiary/aromatic N) is 2. The number of fused-ring (bicyclic) bond motifs is 5. The van der Waals surface area contributed by atoms with Gasteiger partial charge in [-0.05, 0) is 98.4 Å². The summed E-state index contributed by atoms with van der Waals surface area (Å²) in [5.74, 6) is 0. The Hall–Kier alpha value is -5.99. The van der Waals surface area contributed by atoms with Crippen LogP contribution in [0.4, 0.5) is 17.1 Å². The summed E-state index contributed by atoms with van der Waals surface area (Å²) in [4.78, 5) is 7.07. The number of hydrogen-bond acceptors (Lipinski definition) is 2. The first-order valence-electron chi connectivity index (χ1n) is 16.6. The molecule has 7 aromatic carbocycles. The third-order valence-corrected chi connectivity index (χ3v) is 10.1. The van der Waals surface area contributed by atoms with Crippen LogP contribution in [0.3, 0.4) is 0 Å². The summed E-state index contributed by atoms with van der Waals surface area (Å²) >= 11 is 0. The Morgan fingerprint density at radius 3 is 2.04 bits per heavy atom. The van der Waals surface area contributed by atoms with E-state index in [0.29, 0.717) is 0 Å². The van der Waals surface area contributed by atoms with Crippen LogP contribution in [0, 0.1) is 0 Å². The fourth-order valence-corrected chi connectivity index (χ4v) is 7.61. The van der Waals surface area contributed by atoms with E-state index in [1.807, 2.05) is 12.3 Å². The predicted octanol–water partition coefficient (Wildman–Crippen LogP) is 12.5. The van der Waals surface area contributed by atoms with E-state index in [1.54, 1.807) is 0 Å². The zero-order chi connectivity index (χ0) is 32.2.